The number of nitrogens with zero attached hydrogens (tertiary/aromatic N) is 2. The molecule has 1 aliphatic carbocycles. The molecule has 2 aromatic rings. The van der Waals surface area contributed by atoms with E-state index in [1.54, 1.807) is 6.07 Å². The number of hydrogen-bond acceptors (Lipinski definition) is 4. The highest BCUT2D eigenvalue weighted by atomic mass is 16.1. The van der Waals surface area contributed by atoms with Crippen LogP contribution in [0.1, 0.15) is 42.5 Å². The van der Waals surface area contributed by atoms with Gasteiger partial charge in [-0.3, -0.25) is 4.79 Å². The maximum absolute atomic E-state index is 12.4. The highest BCUT2D eigenvalue weighted by Crippen LogP contribution is 2.23. The molecule has 1 fully saturated rings. The summed E-state index contributed by atoms with van der Waals surface area (Å²) in [6.07, 6.45) is 7.77. The average Bonchev–Trinajstić information content (AvgIpc) is 2.61. The van der Waals surface area contributed by atoms with Crippen molar-refractivity contribution in [3.05, 3.63) is 42.2 Å². The van der Waals surface area contributed by atoms with Gasteiger partial charge in [0.25, 0.3) is 5.91 Å². The molecule has 0 bridgehead atoms. The Hall–Kier alpha value is -2.43. The summed E-state index contributed by atoms with van der Waals surface area (Å²) in [5, 5.41) is 3.06. The number of amides is 1. The van der Waals surface area contributed by atoms with E-state index in [9.17, 15) is 4.79 Å². The third kappa shape index (κ3) is 4.06. The monoisotopic (exact) mass is 310 g/mol. The van der Waals surface area contributed by atoms with E-state index in [0.717, 1.165) is 17.8 Å². The lowest BCUT2D eigenvalue weighted by molar-refractivity contribution is 0.0943. The Morgan fingerprint density at radius 2 is 2.00 bits per heavy atom. The molecule has 1 aliphatic rings. The molecule has 0 aliphatic heterocycles. The quantitative estimate of drug-likeness (QED) is 0.909. The van der Waals surface area contributed by atoms with Crippen molar-refractivity contribution in [1.29, 1.82) is 0 Å². The van der Waals surface area contributed by atoms with Gasteiger partial charge in [-0.1, -0.05) is 31.4 Å². The zero-order chi connectivity index (χ0) is 16.1. The fourth-order valence-electron chi connectivity index (χ4n) is 3.08. The Bertz CT molecular complexity index is 680. The van der Waals surface area contributed by atoms with Gasteiger partial charge in [0.15, 0.2) is 0 Å². The second-order valence-electron chi connectivity index (χ2n) is 6.12. The van der Waals surface area contributed by atoms with Gasteiger partial charge in [0.2, 0.25) is 0 Å². The molecule has 1 aromatic carbocycles. The molecule has 1 heterocycles. The second kappa shape index (κ2) is 7.22. The first-order chi connectivity index (χ1) is 11.2. The van der Waals surface area contributed by atoms with Crippen molar-refractivity contribution < 1.29 is 4.79 Å². The normalized spacial score (nSPS) is 15.3. The number of nitrogens with one attached hydrogen (secondary N) is 1. The van der Waals surface area contributed by atoms with Gasteiger partial charge in [-0.2, -0.15) is 0 Å². The van der Waals surface area contributed by atoms with E-state index in [4.69, 9.17) is 5.73 Å². The summed E-state index contributed by atoms with van der Waals surface area (Å²) >= 11 is 0. The first-order valence-electron chi connectivity index (χ1n) is 8.18. The Labute approximate surface area is 136 Å². The van der Waals surface area contributed by atoms with E-state index < -0.39 is 0 Å². The molecule has 0 atom stereocenters. The summed E-state index contributed by atoms with van der Waals surface area (Å²) in [4.78, 5) is 20.5. The minimum Gasteiger partial charge on any atom is -0.384 e. The lowest BCUT2D eigenvalue weighted by atomic mass is 9.89. The van der Waals surface area contributed by atoms with Crippen molar-refractivity contribution in [1.82, 2.24) is 15.3 Å². The lowest BCUT2D eigenvalue weighted by Gasteiger charge is -2.21. The SMILES string of the molecule is Nc1cc(-c2cccc(C(=O)NCC3CCCCC3)c2)ncn1. The summed E-state index contributed by atoms with van der Waals surface area (Å²) < 4.78 is 0. The summed E-state index contributed by atoms with van der Waals surface area (Å²) in [5.41, 5.74) is 7.93. The zero-order valence-corrected chi connectivity index (χ0v) is 13.2. The van der Waals surface area contributed by atoms with Gasteiger partial charge in [-0.25, -0.2) is 9.97 Å². The molecule has 120 valence electrons. The van der Waals surface area contributed by atoms with E-state index in [1.165, 1.54) is 38.4 Å². The third-order valence-electron chi connectivity index (χ3n) is 4.38. The van der Waals surface area contributed by atoms with E-state index in [1.807, 2.05) is 24.3 Å². The topological polar surface area (TPSA) is 80.9 Å². The second-order valence-corrected chi connectivity index (χ2v) is 6.12. The van der Waals surface area contributed by atoms with Gasteiger partial charge >= 0.3 is 0 Å². The first-order valence-corrected chi connectivity index (χ1v) is 8.18. The van der Waals surface area contributed by atoms with Crippen LogP contribution in [-0.2, 0) is 0 Å². The van der Waals surface area contributed by atoms with Gasteiger partial charge in [-0.15, -0.1) is 0 Å². The van der Waals surface area contributed by atoms with Crippen LogP contribution in [0.15, 0.2) is 36.7 Å². The van der Waals surface area contributed by atoms with Gasteiger partial charge in [0.05, 0.1) is 5.69 Å². The number of carbonyl (C=O) groups is 1. The van der Waals surface area contributed by atoms with Crippen LogP contribution in [0.2, 0.25) is 0 Å². The summed E-state index contributed by atoms with van der Waals surface area (Å²) in [6, 6.07) is 9.16. The number of carbonyl (C=O) groups excluding carboxylic acids is 1. The highest BCUT2D eigenvalue weighted by Gasteiger charge is 2.15. The van der Waals surface area contributed by atoms with E-state index in [-0.39, 0.29) is 5.91 Å². The average molecular weight is 310 g/mol. The van der Waals surface area contributed by atoms with E-state index in [2.05, 4.69) is 15.3 Å². The standard InChI is InChI=1S/C18H22N4O/c19-17-10-16(21-12-22-17)14-7-4-8-15(9-14)18(23)20-11-13-5-2-1-3-6-13/h4,7-10,12-13H,1-3,5-6,11H2,(H,20,23)(H2,19,21,22). The van der Waals surface area contributed by atoms with Crippen molar-refractivity contribution in [2.75, 3.05) is 12.3 Å². The maximum atomic E-state index is 12.4. The van der Waals surface area contributed by atoms with Gasteiger partial charge < -0.3 is 11.1 Å². The molecule has 1 amide bonds. The molecule has 23 heavy (non-hydrogen) atoms. The molecule has 3 N–H and O–H groups in total. The molecule has 0 spiro atoms. The lowest BCUT2D eigenvalue weighted by Crippen LogP contribution is -2.30. The fraction of sp³-hybridized carbons (Fsp3) is 0.389. The van der Waals surface area contributed by atoms with E-state index >= 15 is 0 Å². The van der Waals surface area contributed by atoms with Crippen LogP contribution < -0.4 is 11.1 Å². The number of nitrogen functional groups attached to an aromatic ring is 1. The molecule has 0 saturated heterocycles. The van der Waals surface area contributed by atoms with Gasteiger partial charge in [0.1, 0.15) is 12.1 Å². The molecule has 0 radical (unpaired) electrons. The number of nitrogens with two attached hydrogens (primary N) is 1. The first kappa shape index (κ1) is 15.5. The molecule has 1 aromatic heterocycles. The Balaban J connectivity index is 1.67. The number of anilines is 1. The largest absolute Gasteiger partial charge is 0.384 e. The smallest absolute Gasteiger partial charge is 0.251 e. The van der Waals surface area contributed by atoms with Crippen molar-refractivity contribution in [2.24, 2.45) is 5.92 Å². The molecule has 1 saturated carbocycles. The molecular weight excluding hydrogens is 288 g/mol. The van der Waals surface area contributed by atoms with Crippen LogP contribution in [-0.4, -0.2) is 22.4 Å². The van der Waals surface area contributed by atoms with Crippen molar-refractivity contribution in [3.8, 4) is 11.3 Å². The number of hydrogen-bond donors (Lipinski definition) is 2. The van der Waals surface area contributed by atoms with Crippen LogP contribution in [0.3, 0.4) is 0 Å². The molecule has 5 heteroatoms. The minimum absolute atomic E-state index is 0.0283. The Morgan fingerprint density at radius 1 is 1.17 bits per heavy atom. The third-order valence-corrected chi connectivity index (χ3v) is 4.38. The molecule has 5 nitrogen and oxygen atoms in total. The predicted octanol–water partition coefficient (Wildman–Crippen LogP) is 3.04. The van der Waals surface area contributed by atoms with Gasteiger partial charge in [0, 0.05) is 23.7 Å². The van der Waals surface area contributed by atoms with Crippen molar-refractivity contribution >= 4 is 11.7 Å². The number of rotatable bonds is 4. The van der Waals surface area contributed by atoms with Crippen LogP contribution in [0.5, 0.6) is 0 Å². The van der Waals surface area contributed by atoms with Crippen LogP contribution in [0, 0.1) is 5.92 Å². The molecule has 0 unspecified atom stereocenters. The number of benzene rings is 1. The van der Waals surface area contributed by atoms with Crippen LogP contribution >= 0.6 is 0 Å². The van der Waals surface area contributed by atoms with Crippen molar-refractivity contribution in [3.63, 3.8) is 0 Å². The summed E-state index contributed by atoms with van der Waals surface area (Å²) in [6.45, 7) is 0.767. The number of aromatic nitrogens is 2. The minimum atomic E-state index is -0.0283. The Morgan fingerprint density at radius 3 is 2.78 bits per heavy atom. The molecular formula is C18H22N4O. The van der Waals surface area contributed by atoms with Gasteiger partial charge in [-0.05, 0) is 30.9 Å². The summed E-state index contributed by atoms with van der Waals surface area (Å²) in [7, 11) is 0. The zero-order valence-electron chi connectivity index (χ0n) is 13.2. The van der Waals surface area contributed by atoms with Crippen LogP contribution in [0.4, 0.5) is 5.82 Å². The highest BCUT2D eigenvalue weighted by molar-refractivity contribution is 5.95. The van der Waals surface area contributed by atoms with E-state index in [0.29, 0.717) is 17.3 Å². The van der Waals surface area contributed by atoms with Crippen LogP contribution in [0.25, 0.3) is 11.3 Å². The molecule has 3 rings (SSSR count). The summed E-state index contributed by atoms with van der Waals surface area (Å²) in [5.74, 6) is 1.01. The predicted molar refractivity (Wildman–Crippen MR) is 90.8 cm³/mol. The Kier molecular flexibility index (Phi) is 4.86. The van der Waals surface area contributed by atoms with Crippen molar-refractivity contribution in [2.45, 2.75) is 32.1 Å². The maximum Gasteiger partial charge on any atom is 0.251 e. The fourth-order valence-corrected chi connectivity index (χ4v) is 3.08.